The molecule has 6 heteroatoms. The van der Waals surface area contributed by atoms with Gasteiger partial charge in [0.2, 0.25) is 10.0 Å². The molecule has 0 amide bonds. The summed E-state index contributed by atoms with van der Waals surface area (Å²) in [6, 6.07) is 5.71. The molecule has 0 aromatic heterocycles. The van der Waals surface area contributed by atoms with E-state index in [0.29, 0.717) is 12.2 Å². The number of hydrogen-bond acceptors (Lipinski definition) is 4. The Balaban J connectivity index is 1.70. The lowest BCUT2D eigenvalue weighted by molar-refractivity contribution is 0.354. The lowest BCUT2D eigenvalue weighted by atomic mass is 9.89. The van der Waals surface area contributed by atoms with Crippen LogP contribution in [0, 0.1) is 0 Å². The highest BCUT2D eigenvalue weighted by Crippen LogP contribution is 2.45. The molecule has 1 atom stereocenters. The minimum atomic E-state index is -3.32. The van der Waals surface area contributed by atoms with E-state index in [1.54, 1.807) is 4.31 Å². The van der Waals surface area contributed by atoms with Gasteiger partial charge in [-0.05, 0) is 50.1 Å². The van der Waals surface area contributed by atoms with Gasteiger partial charge in [0.15, 0.2) is 0 Å². The zero-order valence-corrected chi connectivity index (χ0v) is 16.3. The van der Waals surface area contributed by atoms with Crippen molar-refractivity contribution in [1.29, 1.82) is 0 Å². The van der Waals surface area contributed by atoms with Crippen LogP contribution in [-0.2, 0) is 10.0 Å². The van der Waals surface area contributed by atoms with Gasteiger partial charge in [-0.3, -0.25) is 4.31 Å². The first-order chi connectivity index (χ1) is 12.5. The highest BCUT2D eigenvalue weighted by Gasteiger charge is 2.41. The maximum atomic E-state index is 13.4. The molecule has 3 aliphatic rings. The number of nitrogens with two attached hydrogens (primary N) is 1. The number of anilines is 2. The molecule has 5 nitrogen and oxygen atoms in total. The average Bonchev–Trinajstić information content (AvgIpc) is 3.02. The van der Waals surface area contributed by atoms with Gasteiger partial charge in [-0.2, -0.15) is 0 Å². The molecule has 2 N–H and O–H groups in total. The molecule has 1 saturated carbocycles. The Morgan fingerprint density at radius 1 is 1.15 bits per heavy atom. The summed E-state index contributed by atoms with van der Waals surface area (Å²) in [4.78, 5) is 2.29. The van der Waals surface area contributed by atoms with Gasteiger partial charge in [0.25, 0.3) is 0 Å². The Labute approximate surface area is 156 Å². The first kappa shape index (κ1) is 17.9. The van der Waals surface area contributed by atoms with Crippen molar-refractivity contribution < 1.29 is 8.42 Å². The predicted molar refractivity (Wildman–Crippen MR) is 107 cm³/mol. The summed E-state index contributed by atoms with van der Waals surface area (Å²) in [7, 11) is -1.20. The number of hydrogen-bond donors (Lipinski definition) is 1. The van der Waals surface area contributed by atoms with Crippen molar-refractivity contribution in [3.8, 4) is 0 Å². The van der Waals surface area contributed by atoms with Crippen LogP contribution in [0.2, 0.25) is 0 Å². The van der Waals surface area contributed by atoms with Gasteiger partial charge >= 0.3 is 0 Å². The van der Waals surface area contributed by atoms with Crippen molar-refractivity contribution >= 4 is 21.4 Å². The Morgan fingerprint density at radius 2 is 1.92 bits per heavy atom. The van der Waals surface area contributed by atoms with E-state index >= 15 is 0 Å². The minimum absolute atomic E-state index is 0.139. The van der Waals surface area contributed by atoms with Gasteiger partial charge < -0.3 is 10.6 Å². The molecule has 1 aliphatic carbocycles. The summed E-state index contributed by atoms with van der Waals surface area (Å²) in [6.45, 7) is 2.49. The zero-order valence-electron chi connectivity index (χ0n) is 15.5. The average molecular weight is 376 g/mol. The van der Waals surface area contributed by atoms with Gasteiger partial charge in [0.05, 0.1) is 10.9 Å². The van der Waals surface area contributed by atoms with E-state index in [1.807, 2.05) is 18.2 Å². The molecular weight excluding hydrogens is 346 g/mol. The summed E-state index contributed by atoms with van der Waals surface area (Å²) in [6.07, 6.45) is 8.05. The molecule has 1 fully saturated rings. The third-order valence-electron chi connectivity index (χ3n) is 6.22. The topological polar surface area (TPSA) is 66.6 Å². The van der Waals surface area contributed by atoms with Gasteiger partial charge in [0.1, 0.15) is 0 Å². The second-order valence-electron chi connectivity index (χ2n) is 8.00. The smallest absolute Gasteiger partial charge is 0.238 e. The molecular formula is C20H29N3O2S. The highest BCUT2D eigenvalue weighted by atomic mass is 32.2. The van der Waals surface area contributed by atoms with E-state index in [4.69, 9.17) is 5.73 Å². The van der Waals surface area contributed by atoms with Crippen molar-refractivity contribution in [2.24, 2.45) is 0 Å². The standard InChI is InChI=1S/C20H29N3O2S/c1-22-11-9-15(10-12-22)19-14-23(20-8-7-16(21)13-18(19)20)26(24,25)17-5-3-2-4-6-17/h7-9,13,17,19H,2-6,10-12,14,21H2,1H3. The maximum Gasteiger partial charge on any atom is 0.238 e. The number of fused-ring (bicyclic) bond motifs is 1. The second kappa shape index (κ2) is 6.89. The fourth-order valence-electron chi connectivity index (χ4n) is 4.65. The van der Waals surface area contributed by atoms with Crippen LogP contribution in [0.5, 0.6) is 0 Å². The fraction of sp³-hybridized carbons (Fsp3) is 0.600. The first-order valence-electron chi connectivity index (χ1n) is 9.75. The number of benzene rings is 1. The van der Waals surface area contributed by atoms with Crippen LogP contribution in [0.15, 0.2) is 29.8 Å². The van der Waals surface area contributed by atoms with E-state index in [0.717, 1.165) is 62.9 Å². The number of nitrogen functional groups attached to an aromatic ring is 1. The van der Waals surface area contributed by atoms with Crippen molar-refractivity contribution in [3.05, 3.63) is 35.4 Å². The first-order valence-corrected chi connectivity index (χ1v) is 11.3. The molecule has 1 aromatic carbocycles. The van der Waals surface area contributed by atoms with Gasteiger partial charge in [0, 0.05) is 31.2 Å². The predicted octanol–water partition coefficient (Wildman–Crippen LogP) is 3.10. The van der Waals surface area contributed by atoms with Gasteiger partial charge in [-0.15, -0.1) is 0 Å². The van der Waals surface area contributed by atoms with Crippen LogP contribution >= 0.6 is 0 Å². The lowest BCUT2D eigenvalue weighted by Crippen LogP contribution is -2.39. The summed E-state index contributed by atoms with van der Waals surface area (Å²) >= 11 is 0. The summed E-state index contributed by atoms with van der Waals surface area (Å²) < 4.78 is 28.5. The summed E-state index contributed by atoms with van der Waals surface area (Å²) in [5.41, 5.74) is 10.0. The molecule has 2 aliphatic heterocycles. The Kier molecular flexibility index (Phi) is 4.73. The van der Waals surface area contributed by atoms with Gasteiger partial charge in [-0.25, -0.2) is 8.42 Å². The molecule has 0 spiro atoms. The third kappa shape index (κ3) is 3.14. The molecule has 1 unspecified atom stereocenters. The van der Waals surface area contributed by atoms with Crippen molar-refractivity contribution in [2.75, 3.05) is 36.7 Å². The minimum Gasteiger partial charge on any atom is -0.399 e. The Bertz CT molecular complexity index is 812. The molecule has 0 bridgehead atoms. The highest BCUT2D eigenvalue weighted by molar-refractivity contribution is 7.93. The molecule has 4 rings (SSSR count). The Hall–Kier alpha value is -1.53. The van der Waals surface area contributed by atoms with Crippen LogP contribution in [0.1, 0.15) is 50.0 Å². The third-order valence-corrected chi connectivity index (χ3v) is 8.49. The lowest BCUT2D eigenvalue weighted by Gasteiger charge is -2.29. The van der Waals surface area contributed by atoms with Crippen LogP contribution in [0.25, 0.3) is 0 Å². The van der Waals surface area contributed by atoms with E-state index < -0.39 is 10.0 Å². The SMILES string of the molecule is CN1CC=C(C2CN(S(=O)(=O)C3CCCCC3)c3ccc(N)cc32)CC1. The molecule has 2 heterocycles. The molecule has 1 aromatic rings. The molecule has 0 radical (unpaired) electrons. The van der Waals surface area contributed by atoms with E-state index in [-0.39, 0.29) is 11.2 Å². The van der Waals surface area contributed by atoms with Crippen LogP contribution in [0.4, 0.5) is 11.4 Å². The Morgan fingerprint density at radius 3 is 2.62 bits per heavy atom. The molecule has 0 saturated heterocycles. The van der Waals surface area contributed by atoms with Crippen LogP contribution in [0.3, 0.4) is 0 Å². The van der Waals surface area contributed by atoms with Crippen LogP contribution < -0.4 is 10.0 Å². The van der Waals surface area contributed by atoms with Crippen molar-refractivity contribution in [1.82, 2.24) is 4.90 Å². The molecule has 26 heavy (non-hydrogen) atoms. The van der Waals surface area contributed by atoms with Gasteiger partial charge in [-0.1, -0.05) is 30.9 Å². The number of rotatable bonds is 3. The molecule has 142 valence electrons. The number of nitrogens with zero attached hydrogens (tertiary/aromatic N) is 2. The van der Waals surface area contributed by atoms with Crippen molar-refractivity contribution in [3.63, 3.8) is 0 Å². The maximum absolute atomic E-state index is 13.4. The number of sulfonamides is 1. The van der Waals surface area contributed by atoms with Crippen LogP contribution in [-0.4, -0.2) is 45.2 Å². The van der Waals surface area contributed by atoms with E-state index in [9.17, 15) is 8.42 Å². The largest absolute Gasteiger partial charge is 0.399 e. The fourth-order valence-corrected chi connectivity index (χ4v) is 6.73. The van der Waals surface area contributed by atoms with E-state index in [1.165, 1.54) is 5.57 Å². The summed E-state index contributed by atoms with van der Waals surface area (Å²) in [5.74, 6) is 0.139. The second-order valence-corrected chi connectivity index (χ2v) is 10.1. The number of likely N-dealkylation sites (N-methyl/N-ethyl adjacent to an activating group) is 1. The van der Waals surface area contributed by atoms with Crippen molar-refractivity contribution in [2.45, 2.75) is 49.7 Å². The summed E-state index contributed by atoms with van der Waals surface area (Å²) in [5, 5.41) is -0.230. The normalized spacial score (nSPS) is 25.2. The van der Waals surface area contributed by atoms with E-state index in [2.05, 4.69) is 18.0 Å². The monoisotopic (exact) mass is 375 g/mol. The zero-order chi connectivity index (χ0) is 18.3. The quantitative estimate of drug-likeness (QED) is 0.651.